The molecule has 1 amide bonds. The van der Waals surface area contributed by atoms with E-state index < -0.39 is 0 Å². The van der Waals surface area contributed by atoms with E-state index in [0.29, 0.717) is 23.8 Å². The number of hydrogen-bond donors (Lipinski definition) is 2. The average molecular weight is 296 g/mol. The molecule has 0 aliphatic rings. The summed E-state index contributed by atoms with van der Waals surface area (Å²) >= 11 is 0. The number of hydrogen-bond acceptors (Lipinski definition) is 5. The van der Waals surface area contributed by atoms with Crippen molar-refractivity contribution < 1.29 is 4.79 Å². The summed E-state index contributed by atoms with van der Waals surface area (Å²) in [5.74, 6) is 0.457. The Kier molecular flexibility index (Phi) is 3.69. The lowest BCUT2D eigenvalue weighted by Crippen LogP contribution is -2.23. The number of primary amides is 1. The van der Waals surface area contributed by atoms with E-state index >= 15 is 0 Å². The van der Waals surface area contributed by atoms with Gasteiger partial charge in [0.05, 0.1) is 0 Å². The Bertz CT molecular complexity index is 798. The second kappa shape index (κ2) is 5.80. The highest BCUT2D eigenvalue weighted by molar-refractivity contribution is 5.76. The number of rotatable bonds is 5. The van der Waals surface area contributed by atoms with Crippen LogP contribution in [0.4, 0.5) is 11.6 Å². The van der Waals surface area contributed by atoms with E-state index in [-0.39, 0.29) is 11.8 Å². The van der Waals surface area contributed by atoms with Crippen LogP contribution in [0.3, 0.4) is 0 Å². The van der Waals surface area contributed by atoms with E-state index in [1.54, 1.807) is 23.7 Å². The summed E-state index contributed by atoms with van der Waals surface area (Å²) in [6.07, 6.45) is 2.07. The van der Waals surface area contributed by atoms with Crippen molar-refractivity contribution >= 4 is 23.2 Å². The molecule has 112 valence electrons. The summed E-state index contributed by atoms with van der Waals surface area (Å²) in [6.45, 7) is 1.77. The Labute approximate surface area is 127 Å². The number of nitrogens with two attached hydrogens (primary N) is 1. The molecular weight excluding hydrogens is 280 g/mol. The highest BCUT2D eigenvalue weighted by Crippen LogP contribution is 2.15. The van der Waals surface area contributed by atoms with Crippen molar-refractivity contribution in [1.29, 1.82) is 0 Å². The molecule has 1 atom stereocenters. The quantitative estimate of drug-likeness (QED) is 0.744. The van der Waals surface area contributed by atoms with E-state index in [0.717, 1.165) is 5.69 Å². The van der Waals surface area contributed by atoms with Crippen molar-refractivity contribution in [3.8, 4) is 0 Å². The molecule has 2 heterocycles. The molecule has 0 aliphatic heterocycles. The zero-order valence-electron chi connectivity index (χ0n) is 12.1. The summed E-state index contributed by atoms with van der Waals surface area (Å²) in [7, 11) is 0. The van der Waals surface area contributed by atoms with Crippen LogP contribution in [0.1, 0.15) is 12.7 Å². The minimum atomic E-state index is -0.360. The molecule has 1 unspecified atom stereocenters. The van der Waals surface area contributed by atoms with Crippen molar-refractivity contribution in [2.75, 3.05) is 5.32 Å². The maximum atomic E-state index is 11.2. The molecule has 0 bridgehead atoms. The van der Waals surface area contributed by atoms with Gasteiger partial charge < -0.3 is 11.1 Å². The maximum Gasteiger partial charge on any atom is 0.247 e. The van der Waals surface area contributed by atoms with E-state index in [4.69, 9.17) is 5.73 Å². The molecule has 0 fully saturated rings. The van der Waals surface area contributed by atoms with Crippen LogP contribution in [0.15, 0.2) is 42.6 Å². The number of fused-ring (bicyclic) bond motifs is 1. The number of nitrogens with zero attached hydrogens (tertiary/aromatic N) is 4. The van der Waals surface area contributed by atoms with Gasteiger partial charge in [-0.25, -0.2) is 4.98 Å². The lowest BCUT2D eigenvalue weighted by atomic mass is 10.1. The fourth-order valence-electron chi connectivity index (χ4n) is 2.08. The van der Waals surface area contributed by atoms with Gasteiger partial charge in [0.25, 0.3) is 0 Å². The van der Waals surface area contributed by atoms with Gasteiger partial charge in [-0.1, -0.05) is 25.1 Å². The molecule has 2 aromatic heterocycles. The zero-order chi connectivity index (χ0) is 15.5. The van der Waals surface area contributed by atoms with E-state index in [1.165, 1.54) is 0 Å². The van der Waals surface area contributed by atoms with Crippen molar-refractivity contribution in [3.63, 3.8) is 0 Å². The third kappa shape index (κ3) is 2.88. The Morgan fingerprint density at radius 2 is 2.09 bits per heavy atom. The monoisotopic (exact) mass is 296 g/mol. The van der Waals surface area contributed by atoms with Crippen molar-refractivity contribution in [1.82, 2.24) is 19.6 Å². The van der Waals surface area contributed by atoms with Crippen LogP contribution in [0.2, 0.25) is 0 Å². The molecule has 0 radical (unpaired) electrons. The van der Waals surface area contributed by atoms with E-state index in [9.17, 15) is 4.79 Å². The van der Waals surface area contributed by atoms with Gasteiger partial charge in [-0.05, 0) is 12.1 Å². The normalized spacial score (nSPS) is 12.2. The smallest absolute Gasteiger partial charge is 0.247 e. The van der Waals surface area contributed by atoms with Crippen LogP contribution in [0.25, 0.3) is 5.65 Å². The van der Waals surface area contributed by atoms with Gasteiger partial charge in [0.15, 0.2) is 5.65 Å². The Hall–Kier alpha value is -2.96. The average Bonchev–Trinajstić information content (AvgIpc) is 2.91. The Balaban J connectivity index is 1.91. The van der Waals surface area contributed by atoms with E-state index in [1.807, 2.05) is 30.3 Å². The third-order valence-corrected chi connectivity index (χ3v) is 3.33. The summed E-state index contributed by atoms with van der Waals surface area (Å²) in [6, 6.07) is 11.4. The summed E-state index contributed by atoms with van der Waals surface area (Å²) < 4.78 is 1.63. The van der Waals surface area contributed by atoms with Crippen LogP contribution in [0.5, 0.6) is 0 Å². The van der Waals surface area contributed by atoms with Crippen molar-refractivity contribution in [2.24, 2.45) is 11.7 Å². The molecule has 0 saturated carbocycles. The minimum Gasteiger partial charge on any atom is -0.369 e. The Morgan fingerprint density at radius 1 is 1.32 bits per heavy atom. The molecule has 0 aliphatic carbocycles. The summed E-state index contributed by atoms with van der Waals surface area (Å²) in [5.41, 5.74) is 6.88. The SMILES string of the molecule is CC(Cc1nccc2nc(Nc3ccccc3)nn12)C(N)=O. The molecule has 22 heavy (non-hydrogen) atoms. The predicted octanol–water partition coefficient (Wildman–Crippen LogP) is 1.53. The van der Waals surface area contributed by atoms with Crippen LogP contribution in [-0.4, -0.2) is 25.5 Å². The number of amides is 1. The highest BCUT2D eigenvalue weighted by Gasteiger charge is 2.15. The third-order valence-electron chi connectivity index (χ3n) is 3.33. The molecular formula is C15H16N6O. The molecule has 7 nitrogen and oxygen atoms in total. The number of nitrogens with one attached hydrogen (secondary N) is 1. The first-order valence-corrected chi connectivity index (χ1v) is 6.95. The highest BCUT2D eigenvalue weighted by atomic mass is 16.1. The zero-order valence-corrected chi connectivity index (χ0v) is 12.1. The topological polar surface area (TPSA) is 98.2 Å². The van der Waals surface area contributed by atoms with Gasteiger partial charge in [0, 0.05) is 30.3 Å². The minimum absolute atomic E-state index is 0.312. The van der Waals surface area contributed by atoms with Crippen LogP contribution >= 0.6 is 0 Å². The maximum absolute atomic E-state index is 11.2. The number of para-hydroxylation sites is 1. The largest absolute Gasteiger partial charge is 0.369 e. The second-order valence-corrected chi connectivity index (χ2v) is 5.07. The lowest BCUT2D eigenvalue weighted by molar-refractivity contribution is -0.121. The first-order chi connectivity index (χ1) is 10.6. The fourth-order valence-corrected chi connectivity index (χ4v) is 2.08. The van der Waals surface area contributed by atoms with Gasteiger partial charge in [-0.2, -0.15) is 9.50 Å². The molecule has 1 aromatic carbocycles. The van der Waals surface area contributed by atoms with Crippen molar-refractivity contribution in [2.45, 2.75) is 13.3 Å². The Morgan fingerprint density at radius 3 is 2.82 bits per heavy atom. The van der Waals surface area contributed by atoms with Crippen LogP contribution in [-0.2, 0) is 11.2 Å². The van der Waals surface area contributed by atoms with Crippen molar-refractivity contribution in [3.05, 3.63) is 48.4 Å². The molecule has 0 saturated heterocycles. The van der Waals surface area contributed by atoms with Gasteiger partial charge in [0.2, 0.25) is 11.9 Å². The standard InChI is InChI=1S/C15H16N6O/c1-10(14(16)22)9-13-17-8-7-12-19-15(20-21(12)13)18-11-5-3-2-4-6-11/h2-8,10H,9H2,1H3,(H2,16,22)(H,18,20). The first-order valence-electron chi connectivity index (χ1n) is 6.95. The predicted molar refractivity (Wildman–Crippen MR) is 82.6 cm³/mol. The van der Waals surface area contributed by atoms with Gasteiger partial charge >= 0.3 is 0 Å². The second-order valence-electron chi connectivity index (χ2n) is 5.07. The molecule has 3 rings (SSSR count). The van der Waals surface area contributed by atoms with Crippen LogP contribution in [0, 0.1) is 5.92 Å². The molecule has 7 heteroatoms. The van der Waals surface area contributed by atoms with Gasteiger partial charge in [-0.15, -0.1) is 5.10 Å². The molecule has 0 spiro atoms. The number of carbonyl (C=O) groups is 1. The number of carbonyl (C=O) groups excluding carboxylic acids is 1. The lowest BCUT2D eigenvalue weighted by Gasteiger charge is -2.06. The fraction of sp³-hybridized carbons (Fsp3) is 0.200. The molecule has 3 N–H and O–H groups in total. The number of benzene rings is 1. The van der Waals surface area contributed by atoms with E-state index in [2.05, 4.69) is 20.4 Å². The number of aromatic nitrogens is 4. The van der Waals surface area contributed by atoms with Gasteiger partial charge in [0.1, 0.15) is 5.82 Å². The number of anilines is 2. The molecule has 3 aromatic rings. The van der Waals surface area contributed by atoms with Gasteiger partial charge in [-0.3, -0.25) is 4.79 Å². The van der Waals surface area contributed by atoms with Crippen LogP contribution < -0.4 is 11.1 Å². The summed E-state index contributed by atoms with van der Waals surface area (Å²) in [5, 5.41) is 7.53. The first kappa shape index (κ1) is 14.0. The summed E-state index contributed by atoms with van der Waals surface area (Å²) in [4.78, 5) is 19.9.